The summed E-state index contributed by atoms with van der Waals surface area (Å²) in [5, 5.41) is 12.1. The number of halogens is 3. The number of likely N-dealkylation sites (tertiary alicyclic amines) is 1. The number of ether oxygens (including phenoxy) is 2. The van der Waals surface area contributed by atoms with E-state index in [1.165, 1.54) is 44.6 Å². The number of nitrogens with one attached hydrogen (secondary N) is 1. The Morgan fingerprint density at radius 2 is 1.67 bits per heavy atom. The zero-order valence-corrected chi connectivity index (χ0v) is 18.4. The summed E-state index contributed by atoms with van der Waals surface area (Å²) in [6, 6.07) is 9.77. The smallest absolute Gasteiger partial charge is 0.406 e. The molecule has 3 fully saturated rings. The number of rotatable bonds is 6. The van der Waals surface area contributed by atoms with Gasteiger partial charge in [-0.1, -0.05) is 0 Å². The number of anilines is 1. The van der Waals surface area contributed by atoms with E-state index in [4.69, 9.17) is 4.74 Å². The standard InChI is InChI=1S/C24H29F3N4O2/c25-24(26,27)33-21-3-1-17(2-4-21)22-5-6-23(30-29-22)28-20-11-18-14-31(15-19(18)12-20)13-16-7-9-32-10-8-16/h1-6,16,18-20H,7-15H2,(H,28,30)/t18-,19+,20+. The molecule has 3 atom stereocenters. The average molecular weight is 463 g/mol. The van der Waals surface area contributed by atoms with Crippen molar-refractivity contribution < 1.29 is 22.6 Å². The summed E-state index contributed by atoms with van der Waals surface area (Å²) >= 11 is 0. The van der Waals surface area contributed by atoms with E-state index in [-0.39, 0.29) is 5.75 Å². The van der Waals surface area contributed by atoms with Crippen LogP contribution in [-0.2, 0) is 4.74 Å². The minimum absolute atomic E-state index is 0.254. The van der Waals surface area contributed by atoms with Gasteiger partial charge in [-0.3, -0.25) is 0 Å². The first kappa shape index (κ1) is 22.4. The maximum absolute atomic E-state index is 12.3. The highest BCUT2D eigenvalue weighted by molar-refractivity contribution is 5.60. The third-order valence-corrected chi connectivity index (χ3v) is 7.08. The van der Waals surface area contributed by atoms with Crippen molar-refractivity contribution in [3.8, 4) is 17.0 Å². The van der Waals surface area contributed by atoms with Crippen LogP contribution in [0.4, 0.5) is 19.0 Å². The molecule has 2 aromatic rings. The van der Waals surface area contributed by atoms with Gasteiger partial charge in [0.05, 0.1) is 5.69 Å². The van der Waals surface area contributed by atoms with E-state index >= 15 is 0 Å². The molecule has 3 heterocycles. The van der Waals surface area contributed by atoms with Gasteiger partial charge in [-0.05, 0) is 79.8 Å². The van der Waals surface area contributed by atoms with Crippen LogP contribution in [0.3, 0.4) is 0 Å². The molecule has 5 rings (SSSR count). The Bertz CT molecular complexity index is 903. The van der Waals surface area contributed by atoms with Gasteiger partial charge in [0.2, 0.25) is 0 Å². The van der Waals surface area contributed by atoms with Gasteiger partial charge in [0, 0.05) is 44.5 Å². The third kappa shape index (κ3) is 5.76. The lowest BCUT2D eigenvalue weighted by Gasteiger charge is -2.27. The molecule has 9 heteroatoms. The van der Waals surface area contributed by atoms with Crippen molar-refractivity contribution >= 4 is 5.82 Å². The highest BCUT2D eigenvalue weighted by Crippen LogP contribution is 2.39. The molecule has 0 spiro atoms. The van der Waals surface area contributed by atoms with Crippen LogP contribution in [0.15, 0.2) is 36.4 Å². The molecular formula is C24H29F3N4O2. The zero-order valence-electron chi connectivity index (χ0n) is 18.4. The minimum atomic E-state index is -4.70. The largest absolute Gasteiger partial charge is 0.573 e. The Kier molecular flexibility index (Phi) is 6.42. The maximum atomic E-state index is 12.3. The molecule has 0 bridgehead atoms. The van der Waals surface area contributed by atoms with Crippen molar-refractivity contribution in [1.82, 2.24) is 15.1 Å². The lowest BCUT2D eigenvalue weighted by Crippen LogP contribution is -2.32. The van der Waals surface area contributed by atoms with Crippen LogP contribution in [0.1, 0.15) is 25.7 Å². The number of nitrogens with zero attached hydrogens (tertiary/aromatic N) is 3. The quantitative estimate of drug-likeness (QED) is 0.678. The molecule has 178 valence electrons. The molecule has 0 radical (unpaired) electrons. The summed E-state index contributed by atoms with van der Waals surface area (Å²) in [5.74, 6) is 2.75. The molecule has 2 aliphatic heterocycles. The molecule has 0 amide bonds. The van der Waals surface area contributed by atoms with Crippen molar-refractivity contribution in [2.24, 2.45) is 17.8 Å². The van der Waals surface area contributed by atoms with E-state index in [0.717, 1.165) is 49.6 Å². The van der Waals surface area contributed by atoms with Crippen LogP contribution in [0.25, 0.3) is 11.3 Å². The van der Waals surface area contributed by atoms with Crippen LogP contribution < -0.4 is 10.1 Å². The first-order valence-electron chi connectivity index (χ1n) is 11.7. The summed E-state index contributed by atoms with van der Waals surface area (Å²) in [4.78, 5) is 2.65. The number of hydrogen-bond acceptors (Lipinski definition) is 6. The number of fused-ring (bicyclic) bond motifs is 1. The Balaban J connectivity index is 1.11. The number of alkyl halides is 3. The monoisotopic (exact) mass is 462 g/mol. The lowest BCUT2D eigenvalue weighted by atomic mass is 10.00. The van der Waals surface area contributed by atoms with Gasteiger partial charge >= 0.3 is 6.36 Å². The van der Waals surface area contributed by atoms with Gasteiger partial charge in [-0.25, -0.2) is 0 Å². The van der Waals surface area contributed by atoms with E-state index in [1.54, 1.807) is 12.1 Å². The van der Waals surface area contributed by atoms with E-state index in [0.29, 0.717) is 17.3 Å². The Morgan fingerprint density at radius 3 is 2.27 bits per heavy atom. The number of aromatic nitrogens is 2. The fraction of sp³-hybridized carbons (Fsp3) is 0.583. The molecule has 1 aromatic carbocycles. The van der Waals surface area contributed by atoms with Crippen LogP contribution in [0.5, 0.6) is 5.75 Å². The second-order valence-electron chi connectivity index (χ2n) is 9.48. The van der Waals surface area contributed by atoms with E-state index in [2.05, 4.69) is 25.2 Å². The molecule has 33 heavy (non-hydrogen) atoms. The van der Waals surface area contributed by atoms with E-state index in [1.807, 2.05) is 12.1 Å². The second kappa shape index (κ2) is 9.46. The van der Waals surface area contributed by atoms with Gasteiger partial charge in [0.25, 0.3) is 0 Å². The normalized spacial score (nSPS) is 26.3. The van der Waals surface area contributed by atoms with Crippen LogP contribution in [0, 0.1) is 17.8 Å². The predicted molar refractivity (Wildman–Crippen MR) is 118 cm³/mol. The summed E-state index contributed by atoms with van der Waals surface area (Å²) < 4.78 is 46.3. The topological polar surface area (TPSA) is 59.5 Å². The maximum Gasteiger partial charge on any atom is 0.573 e. The van der Waals surface area contributed by atoms with Gasteiger partial charge in [-0.2, -0.15) is 0 Å². The van der Waals surface area contributed by atoms with Crippen molar-refractivity contribution in [3.63, 3.8) is 0 Å². The third-order valence-electron chi connectivity index (χ3n) is 7.08. The molecule has 3 aliphatic rings. The average Bonchev–Trinajstić information content (AvgIpc) is 3.32. The van der Waals surface area contributed by atoms with Crippen molar-refractivity contribution in [2.45, 2.75) is 38.1 Å². The van der Waals surface area contributed by atoms with Crippen molar-refractivity contribution in [2.75, 3.05) is 38.2 Å². The Hall–Kier alpha value is -2.39. The summed E-state index contributed by atoms with van der Waals surface area (Å²) in [7, 11) is 0. The SMILES string of the molecule is FC(F)(F)Oc1ccc(-c2ccc(N[C@H]3C[C@@H]4CN(CC5CCOCC5)C[C@@H]4C3)nn2)cc1. The second-order valence-corrected chi connectivity index (χ2v) is 9.48. The summed E-state index contributed by atoms with van der Waals surface area (Å²) in [5.41, 5.74) is 1.29. The first-order chi connectivity index (χ1) is 15.9. The minimum Gasteiger partial charge on any atom is -0.406 e. The van der Waals surface area contributed by atoms with Gasteiger partial charge in [-0.15, -0.1) is 23.4 Å². The highest BCUT2D eigenvalue weighted by Gasteiger charge is 2.41. The fourth-order valence-corrected chi connectivity index (χ4v) is 5.56. The van der Waals surface area contributed by atoms with E-state index in [9.17, 15) is 13.2 Å². The molecule has 2 saturated heterocycles. The first-order valence-corrected chi connectivity index (χ1v) is 11.7. The molecule has 1 saturated carbocycles. The molecular weight excluding hydrogens is 433 g/mol. The summed E-state index contributed by atoms with van der Waals surface area (Å²) in [6.45, 7) is 5.42. The molecule has 1 aliphatic carbocycles. The molecule has 1 N–H and O–H groups in total. The highest BCUT2D eigenvalue weighted by atomic mass is 19.4. The molecule has 1 aromatic heterocycles. The lowest BCUT2D eigenvalue weighted by molar-refractivity contribution is -0.274. The summed E-state index contributed by atoms with van der Waals surface area (Å²) in [6.07, 6.45) is -0.0130. The number of benzene rings is 1. The Morgan fingerprint density at radius 1 is 0.970 bits per heavy atom. The molecule has 6 nitrogen and oxygen atoms in total. The predicted octanol–water partition coefficient (Wildman–Crippen LogP) is 4.59. The van der Waals surface area contributed by atoms with Gasteiger partial charge < -0.3 is 19.7 Å². The van der Waals surface area contributed by atoms with Crippen molar-refractivity contribution in [1.29, 1.82) is 0 Å². The zero-order chi connectivity index (χ0) is 22.8. The fourth-order valence-electron chi connectivity index (χ4n) is 5.56. The van der Waals surface area contributed by atoms with Crippen LogP contribution >= 0.6 is 0 Å². The van der Waals surface area contributed by atoms with Crippen LogP contribution in [0.2, 0.25) is 0 Å². The van der Waals surface area contributed by atoms with Crippen LogP contribution in [-0.4, -0.2) is 60.3 Å². The van der Waals surface area contributed by atoms with E-state index < -0.39 is 6.36 Å². The van der Waals surface area contributed by atoms with Crippen molar-refractivity contribution in [3.05, 3.63) is 36.4 Å². The molecule has 0 unspecified atom stereocenters. The number of hydrogen-bond donors (Lipinski definition) is 1. The van der Waals surface area contributed by atoms with Gasteiger partial charge in [0.1, 0.15) is 11.6 Å². The Labute approximate surface area is 191 Å². The van der Waals surface area contributed by atoms with Gasteiger partial charge in [0.15, 0.2) is 0 Å².